The summed E-state index contributed by atoms with van der Waals surface area (Å²) >= 11 is 6.30. The number of rotatable bonds is 1. The minimum absolute atomic E-state index is 0.0102. The first-order valence-corrected chi connectivity index (χ1v) is 7.45. The standard InChI is InChI=1S/C16H11ClFN5O/c1-6-4-20-14-10(12(19)16(24)22-15(14)11(6)17)7-2-3-9(18)13-8(7)5-21-23-13/h2-5H,19H2,1H3,(H,21,23)(H,22,24). The summed E-state index contributed by atoms with van der Waals surface area (Å²) in [4.78, 5) is 19.3. The molecular weight excluding hydrogens is 333 g/mol. The summed E-state index contributed by atoms with van der Waals surface area (Å²) in [5.74, 6) is -0.444. The minimum atomic E-state index is -0.479. The second-order valence-corrected chi connectivity index (χ2v) is 5.85. The van der Waals surface area contributed by atoms with E-state index in [1.807, 2.05) is 0 Å². The lowest BCUT2D eigenvalue weighted by molar-refractivity contribution is 0.636. The fraction of sp³-hybridized carbons (Fsp3) is 0.0625. The third-order valence-electron chi connectivity index (χ3n) is 4.01. The van der Waals surface area contributed by atoms with E-state index in [1.165, 1.54) is 12.3 Å². The Hall–Kier alpha value is -2.93. The topological polar surface area (TPSA) is 100 Å². The fourth-order valence-corrected chi connectivity index (χ4v) is 2.99. The van der Waals surface area contributed by atoms with Crippen LogP contribution >= 0.6 is 11.6 Å². The van der Waals surface area contributed by atoms with Crippen molar-refractivity contribution >= 4 is 39.2 Å². The zero-order valence-corrected chi connectivity index (χ0v) is 13.2. The highest BCUT2D eigenvalue weighted by Gasteiger charge is 2.19. The molecule has 0 unspecified atom stereocenters. The van der Waals surface area contributed by atoms with E-state index in [0.717, 1.165) is 5.56 Å². The van der Waals surface area contributed by atoms with Gasteiger partial charge in [0.25, 0.3) is 5.56 Å². The predicted molar refractivity (Wildman–Crippen MR) is 91.6 cm³/mol. The van der Waals surface area contributed by atoms with E-state index in [-0.39, 0.29) is 11.2 Å². The molecule has 1 aromatic carbocycles. The van der Waals surface area contributed by atoms with Crippen LogP contribution in [-0.2, 0) is 0 Å². The van der Waals surface area contributed by atoms with Gasteiger partial charge in [0.05, 0.1) is 22.3 Å². The molecule has 120 valence electrons. The smallest absolute Gasteiger partial charge is 0.272 e. The summed E-state index contributed by atoms with van der Waals surface area (Å²) in [6.45, 7) is 1.79. The summed E-state index contributed by atoms with van der Waals surface area (Å²) in [5, 5.41) is 7.38. The van der Waals surface area contributed by atoms with Crippen molar-refractivity contribution in [3.05, 3.63) is 51.3 Å². The van der Waals surface area contributed by atoms with Gasteiger partial charge in [-0.1, -0.05) is 17.7 Å². The van der Waals surface area contributed by atoms with Gasteiger partial charge in [-0.2, -0.15) is 5.10 Å². The number of nitrogen functional groups attached to an aromatic ring is 1. The highest BCUT2D eigenvalue weighted by Crippen LogP contribution is 2.37. The Labute approximate surface area is 139 Å². The van der Waals surface area contributed by atoms with Gasteiger partial charge in [-0.25, -0.2) is 4.39 Å². The number of aromatic amines is 2. The molecule has 0 amide bonds. The molecule has 0 bridgehead atoms. The molecule has 0 saturated carbocycles. The van der Waals surface area contributed by atoms with E-state index in [4.69, 9.17) is 17.3 Å². The lowest BCUT2D eigenvalue weighted by Crippen LogP contribution is -2.14. The van der Waals surface area contributed by atoms with E-state index < -0.39 is 11.4 Å². The lowest BCUT2D eigenvalue weighted by Gasteiger charge is -2.12. The molecule has 4 rings (SSSR count). The Morgan fingerprint density at radius 3 is 2.83 bits per heavy atom. The zero-order chi connectivity index (χ0) is 17.0. The van der Waals surface area contributed by atoms with Crippen molar-refractivity contribution in [3.63, 3.8) is 0 Å². The van der Waals surface area contributed by atoms with Crippen molar-refractivity contribution in [2.45, 2.75) is 6.92 Å². The zero-order valence-electron chi connectivity index (χ0n) is 12.4. The minimum Gasteiger partial charge on any atom is -0.394 e. The summed E-state index contributed by atoms with van der Waals surface area (Å²) in [7, 11) is 0. The van der Waals surface area contributed by atoms with Crippen LogP contribution in [0.2, 0.25) is 5.02 Å². The number of H-pyrrole nitrogens is 2. The van der Waals surface area contributed by atoms with Gasteiger partial charge >= 0.3 is 0 Å². The second-order valence-electron chi connectivity index (χ2n) is 5.48. The predicted octanol–water partition coefficient (Wildman–Crippen LogP) is 3.15. The molecule has 0 fully saturated rings. The van der Waals surface area contributed by atoms with Gasteiger partial charge in [0.1, 0.15) is 17.0 Å². The molecular formula is C16H11ClFN5O. The van der Waals surface area contributed by atoms with Gasteiger partial charge in [0.15, 0.2) is 0 Å². The van der Waals surface area contributed by atoms with Crippen LogP contribution in [0.3, 0.4) is 0 Å². The Balaban J connectivity index is 2.22. The number of nitrogens with one attached hydrogen (secondary N) is 2. The van der Waals surface area contributed by atoms with Crippen LogP contribution in [0.25, 0.3) is 33.1 Å². The maximum absolute atomic E-state index is 13.9. The van der Waals surface area contributed by atoms with Gasteiger partial charge in [-0.3, -0.25) is 14.9 Å². The van der Waals surface area contributed by atoms with Crippen LogP contribution < -0.4 is 11.3 Å². The van der Waals surface area contributed by atoms with E-state index in [9.17, 15) is 9.18 Å². The molecule has 3 aromatic heterocycles. The maximum Gasteiger partial charge on any atom is 0.272 e. The number of aromatic nitrogens is 4. The quantitative estimate of drug-likeness (QED) is 0.494. The Bertz CT molecular complexity index is 1180. The molecule has 0 aliphatic heterocycles. The maximum atomic E-state index is 13.9. The van der Waals surface area contributed by atoms with Gasteiger partial charge in [0.2, 0.25) is 0 Å². The highest BCUT2D eigenvalue weighted by atomic mass is 35.5. The van der Waals surface area contributed by atoms with Crippen LogP contribution in [0, 0.1) is 12.7 Å². The number of nitrogens with zero attached hydrogens (tertiary/aromatic N) is 2. The monoisotopic (exact) mass is 343 g/mol. The number of fused-ring (bicyclic) bond motifs is 2. The van der Waals surface area contributed by atoms with Crippen molar-refractivity contribution < 1.29 is 4.39 Å². The van der Waals surface area contributed by atoms with Gasteiger partial charge in [-0.05, 0) is 24.1 Å². The molecule has 6 nitrogen and oxygen atoms in total. The summed E-state index contributed by atoms with van der Waals surface area (Å²) in [5.41, 5.74) is 8.28. The Morgan fingerprint density at radius 1 is 1.25 bits per heavy atom. The first-order chi connectivity index (χ1) is 11.5. The van der Waals surface area contributed by atoms with Gasteiger partial charge < -0.3 is 10.7 Å². The van der Waals surface area contributed by atoms with Crippen LogP contribution in [0.1, 0.15) is 5.56 Å². The first-order valence-electron chi connectivity index (χ1n) is 7.07. The van der Waals surface area contributed by atoms with Gasteiger partial charge in [-0.15, -0.1) is 0 Å². The normalized spacial score (nSPS) is 11.5. The number of hydrogen-bond donors (Lipinski definition) is 3. The molecule has 4 aromatic rings. The Kier molecular flexibility index (Phi) is 3.07. The third-order valence-corrected chi connectivity index (χ3v) is 4.50. The number of hydrogen-bond acceptors (Lipinski definition) is 4. The van der Waals surface area contributed by atoms with Crippen molar-refractivity contribution in [1.29, 1.82) is 0 Å². The number of benzene rings is 1. The second kappa shape index (κ2) is 5.04. The molecule has 0 spiro atoms. The first kappa shape index (κ1) is 14.6. The average Bonchev–Trinajstić information content (AvgIpc) is 3.05. The molecule has 0 aliphatic rings. The third kappa shape index (κ3) is 1.91. The lowest BCUT2D eigenvalue weighted by atomic mass is 9.99. The summed E-state index contributed by atoms with van der Waals surface area (Å²) in [6, 6.07) is 2.84. The average molecular weight is 344 g/mol. The van der Waals surface area contributed by atoms with Crippen molar-refractivity contribution in [2.24, 2.45) is 0 Å². The fourth-order valence-electron chi connectivity index (χ4n) is 2.80. The van der Waals surface area contributed by atoms with E-state index in [0.29, 0.717) is 32.6 Å². The molecule has 24 heavy (non-hydrogen) atoms. The van der Waals surface area contributed by atoms with Crippen LogP contribution in [0.15, 0.2) is 29.3 Å². The number of anilines is 1. The van der Waals surface area contributed by atoms with Gasteiger partial charge in [0, 0.05) is 17.1 Å². The molecule has 0 saturated heterocycles. The van der Waals surface area contributed by atoms with Crippen LogP contribution in [-0.4, -0.2) is 20.2 Å². The number of aryl methyl sites for hydroxylation is 1. The molecule has 3 heterocycles. The van der Waals surface area contributed by atoms with Crippen molar-refractivity contribution in [2.75, 3.05) is 5.73 Å². The summed E-state index contributed by atoms with van der Waals surface area (Å²) in [6.07, 6.45) is 3.08. The Morgan fingerprint density at radius 2 is 2.04 bits per heavy atom. The van der Waals surface area contributed by atoms with Crippen LogP contribution in [0.4, 0.5) is 10.1 Å². The molecule has 0 atom stereocenters. The van der Waals surface area contributed by atoms with E-state index in [1.54, 1.807) is 19.2 Å². The van der Waals surface area contributed by atoms with Crippen molar-refractivity contribution in [3.8, 4) is 11.1 Å². The largest absolute Gasteiger partial charge is 0.394 e. The van der Waals surface area contributed by atoms with Crippen LogP contribution in [0.5, 0.6) is 0 Å². The SMILES string of the molecule is Cc1cnc2c(-c3ccc(F)c4[nH]ncc34)c(N)c(=O)[nH]c2c1Cl. The number of nitrogens with two attached hydrogens (primary N) is 1. The molecule has 0 radical (unpaired) electrons. The molecule has 8 heteroatoms. The van der Waals surface area contributed by atoms with E-state index >= 15 is 0 Å². The number of pyridine rings is 2. The number of halogens is 2. The van der Waals surface area contributed by atoms with Crippen molar-refractivity contribution in [1.82, 2.24) is 20.2 Å². The molecule has 0 aliphatic carbocycles. The highest BCUT2D eigenvalue weighted by molar-refractivity contribution is 6.36. The van der Waals surface area contributed by atoms with E-state index in [2.05, 4.69) is 20.2 Å². The summed E-state index contributed by atoms with van der Waals surface area (Å²) < 4.78 is 13.9. The molecule has 4 N–H and O–H groups in total.